The standard InChI is InChI=1S/C16H16N4/c1-11-12(2)19-20-16(18-11)17-10-14-8-5-7-13-6-3-4-9-15(13)14/h3-9H,10H2,1-2H3,(H,17,18,20). The normalized spacial score (nSPS) is 10.7. The lowest BCUT2D eigenvalue weighted by Gasteiger charge is -2.08. The molecule has 0 atom stereocenters. The third-order valence-electron chi connectivity index (χ3n) is 3.41. The summed E-state index contributed by atoms with van der Waals surface area (Å²) < 4.78 is 0. The van der Waals surface area contributed by atoms with Crippen LogP contribution < -0.4 is 5.32 Å². The second kappa shape index (κ2) is 5.25. The first-order valence-corrected chi connectivity index (χ1v) is 6.62. The Morgan fingerprint density at radius 2 is 1.70 bits per heavy atom. The van der Waals surface area contributed by atoms with Crippen LogP contribution in [0, 0.1) is 13.8 Å². The van der Waals surface area contributed by atoms with Gasteiger partial charge in [0.25, 0.3) is 0 Å². The molecule has 0 spiro atoms. The molecule has 4 heteroatoms. The first kappa shape index (κ1) is 12.5. The average molecular weight is 264 g/mol. The van der Waals surface area contributed by atoms with Crippen LogP contribution in [0.5, 0.6) is 0 Å². The van der Waals surface area contributed by atoms with Gasteiger partial charge in [0, 0.05) is 6.54 Å². The van der Waals surface area contributed by atoms with Crippen LogP contribution in [0.25, 0.3) is 10.8 Å². The first-order valence-electron chi connectivity index (χ1n) is 6.62. The van der Waals surface area contributed by atoms with Crippen LogP contribution in [0.1, 0.15) is 17.0 Å². The van der Waals surface area contributed by atoms with E-state index in [1.54, 1.807) is 0 Å². The van der Waals surface area contributed by atoms with Crippen molar-refractivity contribution < 1.29 is 0 Å². The molecule has 0 aliphatic carbocycles. The molecule has 0 bridgehead atoms. The van der Waals surface area contributed by atoms with Crippen molar-refractivity contribution in [2.75, 3.05) is 5.32 Å². The molecular formula is C16H16N4. The van der Waals surface area contributed by atoms with E-state index in [4.69, 9.17) is 0 Å². The molecule has 1 heterocycles. The highest BCUT2D eigenvalue weighted by Gasteiger charge is 2.03. The van der Waals surface area contributed by atoms with Crippen LogP contribution >= 0.6 is 0 Å². The van der Waals surface area contributed by atoms with Crippen LogP contribution in [0.4, 0.5) is 5.95 Å². The van der Waals surface area contributed by atoms with Crippen molar-refractivity contribution in [2.24, 2.45) is 0 Å². The quantitative estimate of drug-likeness (QED) is 0.789. The van der Waals surface area contributed by atoms with E-state index >= 15 is 0 Å². The number of anilines is 1. The summed E-state index contributed by atoms with van der Waals surface area (Å²) >= 11 is 0. The van der Waals surface area contributed by atoms with Crippen LogP contribution in [0.15, 0.2) is 42.5 Å². The van der Waals surface area contributed by atoms with Crippen molar-refractivity contribution in [1.82, 2.24) is 15.2 Å². The molecule has 0 aliphatic rings. The Balaban J connectivity index is 1.85. The Labute approximate surface area is 117 Å². The van der Waals surface area contributed by atoms with Crippen molar-refractivity contribution in [3.63, 3.8) is 0 Å². The zero-order valence-electron chi connectivity index (χ0n) is 11.6. The molecule has 2 aromatic carbocycles. The fraction of sp³-hybridized carbons (Fsp3) is 0.188. The molecule has 1 N–H and O–H groups in total. The van der Waals surface area contributed by atoms with Gasteiger partial charge in [-0.15, -0.1) is 5.10 Å². The largest absolute Gasteiger partial charge is 0.349 e. The Kier molecular flexibility index (Phi) is 3.29. The monoisotopic (exact) mass is 264 g/mol. The van der Waals surface area contributed by atoms with Gasteiger partial charge < -0.3 is 5.32 Å². The van der Waals surface area contributed by atoms with E-state index in [1.807, 2.05) is 13.8 Å². The van der Waals surface area contributed by atoms with Crippen molar-refractivity contribution >= 4 is 16.7 Å². The minimum absolute atomic E-state index is 0.570. The molecule has 20 heavy (non-hydrogen) atoms. The molecule has 0 saturated carbocycles. The van der Waals surface area contributed by atoms with Gasteiger partial charge >= 0.3 is 0 Å². The Morgan fingerprint density at radius 3 is 2.55 bits per heavy atom. The number of nitrogens with one attached hydrogen (secondary N) is 1. The lowest BCUT2D eigenvalue weighted by molar-refractivity contribution is 0.886. The maximum Gasteiger partial charge on any atom is 0.243 e. The first-order chi connectivity index (χ1) is 9.74. The summed E-state index contributed by atoms with van der Waals surface area (Å²) in [5.74, 6) is 0.570. The second-order valence-electron chi connectivity index (χ2n) is 4.80. The topological polar surface area (TPSA) is 50.7 Å². The molecule has 4 nitrogen and oxygen atoms in total. The van der Waals surface area contributed by atoms with Crippen LogP contribution in [0.2, 0.25) is 0 Å². The number of nitrogens with zero attached hydrogens (tertiary/aromatic N) is 3. The van der Waals surface area contributed by atoms with E-state index in [9.17, 15) is 0 Å². The van der Waals surface area contributed by atoms with Gasteiger partial charge in [0.1, 0.15) is 0 Å². The average Bonchev–Trinajstić information content (AvgIpc) is 2.48. The third kappa shape index (κ3) is 2.45. The van der Waals surface area contributed by atoms with Gasteiger partial charge in [-0.05, 0) is 30.2 Å². The third-order valence-corrected chi connectivity index (χ3v) is 3.41. The van der Waals surface area contributed by atoms with Gasteiger partial charge in [0.15, 0.2) is 0 Å². The molecule has 0 fully saturated rings. The molecule has 0 amide bonds. The van der Waals surface area contributed by atoms with E-state index in [0.717, 1.165) is 11.4 Å². The summed E-state index contributed by atoms with van der Waals surface area (Å²) in [6.07, 6.45) is 0. The van der Waals surface area contributed by atoms with Gasteiger partial charge in [0.05, 0.1) is 11.4 Å². The minimum atomic E-state index is 0.570. The second-order valence-corrected chi connectivity index (χ2v) is 4.80. The lowest BCUT2D eigenvalue weighted by atomic mass is 10.0. The smallest absolute Gasteiger partial charge is 0.243 e. The SMILES string of the molecule is Cc1nnc(NCc2cccc3ccccc23)nc1C. The molecular weight excluding hydrogens is 248 g/mol. The summed E-state index contributed by atoms with van der Waals surface area (Å²) in [7, 11) is 0. The number of fused-ring (bicyclic) bond motifs is 1. The van der Waals surface area contributed by atoms with Gasteiger partial charge in [-0.3, -0.25) is 0 Å². The van der Waals surface area contributed by atoms with E-state index in [2.05, 4.69) is 63.0 Å². The van der Waals surface area contributed by atoms with Gasteiger partial charge in [-0.25, -0.2) is 4.98 Å². The molecule has 0 aliphatic heterocycles. The van der Waals surface area contributed by atoms with Crippen molar-refractivity contribution in [1.29, 1.82) is 0 Å². The fourth-order valence-corrected chi connectivity index (χ4v) is 2.15. The van der Waals surface area contributed by atoms with Crippen LogP contribution in [0.3, 0.4) is 0 Å². The number of aryl methyl sites for hydroxylation is 2. The van der Waals surface area contributed by atoms with Crippen LogP contribution in [-0.4, -0.2) is 15.2 Å². The summed E-state index contributed by atoms with van der Waals surface area (Å²) in [4.78, 5) is 4.38. The summed E-state index contributed by atoms with van der Waals surface area (Å²) in [5, 5.41) is 13.9. The van der Waals surface area contributed by atoms with Crippen molar-refractivity contribution in [3.8, 4) is 0 Å². The number of benzene rings is 2. The van der Waals surface area contributed by atoms with E-state index in [0.29, 0.717) is 12.5 Å². The van der Waals surface area contributed by atoms with Crippen LogP contribution in [-0.2, 0) is 6.54 Å². The highest BCUT2D eigenvalue weighted by molar-refractivity contribution is 5.85. The number of hydrogen-bond donors (Lipinski definition) is 1. The highest BCUT2D eigenvalue weighted by atomic mass is 15.2. The van der Waals surface area contributed by atoms with Crippen molar-refractivity contribution in [2.45, 2.75) is 20.4 Å². The summed E-state index contributed by atoms with van der Waals surface area (Å²) in [6, 6.07) is 14.7. The number of aromatic nitrogens is 3. The zero-order chi connectivity index (χ0) is 13.9. The van der Waals surface area contributed by atoms with Gasteiger partial charge in [-0.1, -0.05) is 42.5 Å². The predicted molar refractivity (Wildman–Crippen MR) is 80.6 cm³/mol. The zero-order valence-corrected chi connectivity index (χ0v) is 11.6. The van der Waals surface area contributed by atoms with Gasteiger partial charge in [-0.2, -0.15) is 5.10 Å². The van der Waals surface area contributed by atoms with Gasteiger partial charge in [0.2, 0.25) is 5.95 Å². The Bertz CT molecular complexity index is 747. The fourth-order valence-electron chi connectivity index (χ4n) is 2.15. The molecule has 0 radical (unpaired) electrons. The summed E-state index contributed by atoms with van der Waals surface area (Å²) in [6.45, 7) is 4.53. The maximum absolute atomic E-state index is 4.38. The number of hydrogen-bond acceptors (Lipinski definition) is 4. The molecule has 3 aromatic rings. The highest BCUT2D eigenvalue weighted by Crippen LogP contribution is 2.19. The minimum Gasteiger partial charge on any atom is -0.349 e. The lowest BCUT2D eigenvalue weighted by Crippen LogP contribution is -2.07. The Morgan fingerprint density at radius 1 is 0.900 bits per heavy atom. The van der Waals surface area contributed by atoms with E-state index in [1.165, 1.54) is 16.3 Å². The summed E-state index contributed by atoms with van der Waals surface area (Å²) in [5.41, 5.74) is 2.99. The maximum atomic E-state index is 4.38. The van der Waals surface area contributed by atoms with E-state index < -0.39 is 0 Å². The molecule has 0 unspecified atom stereocenters. The predicted octanol–water partition coefficient (Wildman–Crippen LogP) is 3.25. The Hall–Kier alpha value is -2.49. The van der Waals surface area contributed by atoms with Crippen molar-refractivity contribution in [3.05, 3.63) is 59.4 Å². The number of rotatable bonds is 3. The molecule has 3 rings (SSSR count). The molecule has 100 valence electrons. The van der Waals surface area contributed by atoms with E-state index in [-0.39, 0.29) is 0 Å². The molecule has 1 aromatic heterocycles. The molecule has 0 saturated heterocycles.